The molecule has 21 heavy (non-hydrogen) atoms. The molecule has 1 amide bonds. The molecule has 1 aliphatic rings. The van der Waals surface area contributed by atoms with Crippen LogP contribution in [0.2, 0.25) is 0 Å². The van der Waals surface area contributed by atoms with Gasteiger partial charge in [0, 0.05) is 18.9 Å². The zero-order chi connectivity index (χ0) is 14.1. The molecule has 6 heteroatoms. The van der Waals surface area contributed by atoms with Crippen LogP contribution in [-0.2, 0) is 13.5 Å². The summed E-state index contributed by atoms with van der Waals surface area (Å²) in [5, 5.41) is 3.07. The molecule has 1 aromatic carbocycles. The number of fused-ring (bicyclic) bond motifs is 1. The van der Waals surface area contributed by atoms with Gasteiger partial charge in [-0.3, -0.25) is 4.79 Å². The van der Waals surface area contributed by atoms with Crippen molar-refractivity contribution in [3.63, 3.8) is 0 Å². The molecule has 0 fully saturated rings. The van der Waals surface area contributed by atoms with Gasteiger partial charge in [-0.15, -0.1) is 12.4 Å². The predicted molar refractivity (Wildman–Crippen MR) is 84.5 cm³/mol. The van der Waals surface area contributed by atoms with E-state index in [1.165, 1.54) is 11.1 Å². The molecule has 5 nitrogen and oxygen atoms in total. The van der Waals surface area contributed by atoms with Crippen LogP contribution < -0.4 is 11.1 Å². The van der Waals surface area contributed by atoms with Crippen LogP contribution in [0.4, 0.5) is 5.69 Å². The number of aromatic nitrogens is 2. The van der Waals surface area contributed by atoms with Crippen LogP contribution in [0.15, 0.2) is 30.7 Å². The van der Waals surface area contributed by atoms with E-state index < -0.39 is 0 Å². The fourth-order valence-corrected chi connectivity index (χ4v) is 2.75. The molecule has 3 rings (SSSR count). The quantitative estimate of drug-likeness (QED) is 0.836. The molecular weight excluding hydrogens is 288 g/mol. The van der Waals surface area contributed by atoms with E-state index >= 15 is 0 Å². The smallest absolute Gasteiger partial charge is 0.271 e. The van der Waals surface area contributed by atoms with Crippen molar-refractivity contribution in [2.45, 2.75) is 25.3 Å². The summed E-state index contributed by atoms with van der Waals surface area (Å²) in [6.45, 7) is 0. The minimum atomic E-state index is -0.125. The lowest BCUT2D eigenvalue weighted by molar-refractivity contribution is 0.0928. The SMILES string of the molecule is Cl.Cn1cnc(C(=O)NC2CCCc3cc(N)ccc32)c1. The highest BCUT2D eigenvalue weighted by Crippen LogP contribution is 2.31. The Labute approximate surface area is 130 Å². The Balaban J connectivity index is 0.00000161. The van der Waals surface area contributed by atoms with E-state index in [0.717, 1.165) is 24.9 Å². The zero-order valence-electron chi connectivity index (χ0n) is 11.9. The number of rotatable bonds is 2. The first-order valence-electron chi connectivity index (χ1n) is 6.80. The third-order valence-corrected chi connectivity index (χ3v) is 3.72. The topological polar surface area (TPSA) is 72.9 Å². The number of hydrogen-bond donors (Lipinski definition) is 2. The fourth-order valence-electron chi connectivity index (χ4n) is 2.75. The van der Waals surface area contributed by atoms with Gasteiger partial charge in [0.05, 0.1) is 12.4 Å². The standard InChI is InChI=1S/C15H18N4O.ClH/c1-19-8-14(17-9-19)15(20)18-13-4-2-3-10-7-11(16)5-6-12(10)13;/h5-9,13H,2-4,16H2,1H3,(H,18,20);1H. The summed E-state index contributed by atoms with van der Waals surface area (Å²) >= 11 is 0. The molecule has 2 aromatic rings. The Bertz CT molecular complexity index is 653. The lowest BCUT2D eigenvalue weighted by atomic mass is 9.87. The van der Waals surface area contributed by atoms with Crippen molar-refractivity contribution in [3.05, 3.63) is 47.5 Å². The van der Waals surface area contributed by atoms with E-state index in [1.54, 1.807) is 17.1 Å². The Hall–Kier alpha value is -2.01. The van der Waals surface area contributed by atoms with Gasteiger partial charge in [0.15, 0.2) is 0 Å². The van der Waals surface area contributed by atoms with Crippen LogP contribution >= 0.6 is 12.4 Å². The minimum Gasteiger partial charge on any atom is -0.399 e. The number of aryl methyl sites for hydroxylation is 2. The molecule has 0 radical (unpaired) electrons. The number of anilines is 1. The van der Waals surface area contributed by atoms with Gasteiger partial charge in [-0.2, -0.15) is 0 Å². The number of imidazole rings is 1. The Morgan fingerprint density at radius 3 is 3.00 bits per heavy atom. The first-order chi connectivity index (χ1) is 9.63. The van der Waals surface area contributed by atoms with E-state index in [4.69, 9.17) is 5.73 Å². The maximum atomic E-state index is 12.2. The molecule has 1 unspecified atom stereocenters. The van der Waals surface area contributed by atoms with E-state index in [1.807, 2.05) is 25.2 Å². The van der Waals surface area contributed by atoms with Crippen molar-refractivity contribution in [2.24, 2.45) is 7.05 Å². The van der Waals surface area contributed by atoms with Crippen molar-refractivity contribution < 1.29 is 4.79 Å². The number of nitrogens with two attached hydrogens (primary N) is 1. The number of benzene rings is 1. The van der Waals surface area contributed by atoms with Gasteiger partial charge in [-0.25, -0.2) is 4.98 Å². The second-order valence-electron chi connectivity index (χ2n) is 5.30. The lowest BCUT2D eigenvalue weighted by Crippen LogP contribution is -2.31. The zero-order valence-corrected chi connectivity index (χ0v) is 12.7. The number of amides is 1. The highest BCUT2D eigenvalue weighted by Gasteiger charge is 2.23. The van der Waals surface area contributed by atoms with E-state index in [9.17, 15) is 4.79 Å². The molecule has 0 bridgehead atoms. The Morgan fingerprint density at radius 1 is 1.48 bits per heavy atom. The Morgan fingerprint density at radius 2 is 2.29 bits per heavy atom. The number of carbonyl (C=O) groups excluding carboxylic acids is 1. The first-order valence-corrected chi connectivity index (χ1v) is 6.80. The molecular formula is C15H19ClN4O. The maximum Gasteiger partial charge on any atom is 0.271 e. The molecule has 112 valence electrons. The summed E-state index contributed by atoms with van der Waals surface area (Å²) in [5.74, 6) is -0.125. The minimum absolute atomic E-state index is 0. The number of halogens is 1. The van der Waals surface area contributed by atoms with E-state index in [2.05, 4.69) is 10.3 Å². The molecule has 1 aliphatic carbocycles. The van der Waals surface area contributed by atoms with Crippen LogP contribution in [0.1, 0.15) is 40.5 Å². The number of nitrogens with one attached hydrogen (secondary N) is 1. The molecule has 0 aliphatic heterocycles. The molecule has 1 atom stereocenters. The van der Waals surface area contributed by atoms with Gasteiger partial charge in [0.25, 0.3) is 5.91 Å². The van der Waals surface area contributed by atoms with Crippen LogP contribution in [-0.4, -0.2) is 15.5 Å². The average Bonchev–Trinajstić information content (AvgIpc) is 2.85. The predicted octanol–water partition coefficient (Wildman–Crippen LogP) is 2.23. The average molecular weight is 307 g/mol. The van der Waals surface area contributed by atoms with Crippen molar-refractivity contribution in [1.82, 2.24) is 14.9 Å². The number of carbonyl (C=O) groups is 1. The second-order valence-corrected chi connectivity index (χ2v) is 5.30. The molecule has 0 saturated carbocycles. The summed E-state index contributed by atoms with van der Waals surface area (Å²) in [5.41, 5.74) is 9.47. The number of nitrogens with zero attached hydrogens (tertiary/aromatic N) is 2. The van der Waals surface area contributed by atoms with Crippen LogP contribution in [0.25, 0.3) is 0 Å². The summed E-state index contributed by atoms with van der Waals surface area (Å²) in [6, 6.07) is 5.97. The molecule has 1 heterocycles. The largest absolute Gasteiger partial charge is 0.399 e. The maximum absolute atomic E-state index is 12.2. The highest BCUT2D eigenvalue weighted by molar-refractivity contribution is 5.92. The summed E-state index contributed by atoms with van der Waals surface area (Å²) in [4.78, 5) is 16.3. The number of hydrogen-bond acceptors (Lipinski definition) is 3. The molecule has 1 aromatic heterocycles. The van der Waals surface area contributed by atoms with Crippen LogP contribution in [0.3, 0.4) is 0 Å². The van der Waals surface area contributed by atoms with Crippen molar-refractivity contribution in [3.8, 4) is 0 Å². The van der Waals surface area contributed by atoms with Crippen molar-refractivity contribution in [2.75, 3.05) is 5.73 Å². The van der Waals surface area contributed by atoms with Crippen LogP contribution in [0, 0.1) is 0 Å². The third-order valence-electron chi connectivity index (χ3n) is 3.72. The van der Waals surface area contributed by atoms with Crippen LogP contribution in [0.5, 0.6) is 0 Å². The van der Waals surface area contributed by atoms with Gasteiger partial charge in [-0.1, -0.05) is 6.07 Å². The normalized spacial score (nSPS) is 16.7. The highest BCUT2D eigenvalue weighted by atomic mass is 35.5. The van der Waals surface area contributed by atoms with Crippen molar-refractivity contribution in [1.29, 1.82) is 0 Å². The summed E-state index contributed by atoms with van der Waals surface area (Å²) < 4.78 is 1.77. The monoisotopic (exact) mass is 306 g/mol. The third kappa shape index (κ3) is 3.19. The fraction of sp³-hybridized carbons (Fsp3) is 0.333. The number of nitrogen functional groups attached to an aromatic ring is 1. The second kappa shape index (κ2) is 6.18. The van der Waals surface area contributed by atoms with Gasteiger partial charge >= 0.3 is 0 Å². The lowest BCUT2D eigenvalue weighted by Gasteiger charge is -2.26. The van der Waals surface area contributed by atoms with Gasteiger partial charge in [-0.05, 0) is 42.5 Å². The Kier molecular flexibility index (Phi) is 4.53. The van der Waals surface area contributed by atoms with Crippen molar-refractivity contribution >= 4 is 24.0 Å². The molecule has 3 N–H and O–H groups in total. The van der Waals surface area contributed by atoms with E-state index in [-0.39, 0.29) is 24.4 Å². The van der Waals surface area contributed by atoms with Gasteiger partial charge in [0.1, 0.15) is 5.69 Å². The van der Waals surface area contributed by atoms with E-state index in [0.29, 0.717) is 5.69 Å². The molecule has 0 saturated heterocycles. The van der Waals surface area contributed by atoms with Gasteiger partial charge in [0.2, 0.25) is 0 Å². The summed E-state index contributed by atoms with van der Waals surface area (Å²) in [7, 11) is 1.85. The summed E-state index contributed by atoms with van der Waals surface area (Å²) in [6.07, 6.45) is 6.39. The first kappa shape index (κ1) is 15.4. The van der Waals surface area contributed by atoms with Gasteiger partial charge < -0.3 is 15.6 Å². The molecule has 0 spiro atoms.